The van der Waals surface area contributed by atoms with E-state index < -0.39 is 17.5 Å². The van der Waals surface area contributed by atoms with Crippen molar-refractivity contribution in [3.05, 3.63) is 100 Å². The Morgan fingerprint density at radius 1 is 0.938 bits per heavy atom. The minimum Gasteiger partial charge on any atom is -0.504 e. The van der Waals surface area contributed by atoms with E-state index in [-0.39, 0.29) is 103 Å². The number of fused-ring (bicyclic) bond motifs is 9. The van der Waals surface area contributed by atoms with Crippen molar-refractivity contribution in [2.75, 3.05) is 26.9 Å². The van der Waals surface area contributed by atoms with Crippen LogP contribution in [0, 0.1) is 52.8 Å². The number of H-pyrrole nitrogens is 1. The average Bonchev–Trinajstić information content (AvgIpc) is 3.87. The van der Waals surface area contributed by atoms with Gasteiger partial charge in [-0.15, -0.1) is 0 Å². The van der Waals surface area contributed by atoms with Crippen molar-refractivity contribution < 1.29 is 49.3 Å². The number of para-hydroxylation sites is 1. The van der Waals surface area contributed by atoms with Gasteiger partial charge in [0.05, 0.1) is 25.5 Å². The van der Waals surface area contributed by atoms with E-state index in [1.165, 1.54) is 11.6 Å². The molecule has 3 aromatic carbocycles. The van der Waals surface area contributed by atoms with Crippen molar-refractivity contribution in [1.82, 2.24) is 4.98 Å². The molecular weight excluding hydrogens is 823 g/mol. The summed E-state index contributed by atoms with van der Waals surface area (Å²) in [7, 11) is 1.55. The van der Waals surface area contributed by atoms with E-state index in [0.29, 0.717) is 57.1 Å². The first-order valence-corrected chi connectivity index (χ1v) is 23.6. The topological polar surface area (TPSA) is 179 Å². The van der Waals surface area contributed by atoms with Gasteiger partial charge in [0.25, 0.3) is 0 Å². The summed E-state index contributed by atoms with van der Waals surface area (Å²) >= 11 is 0. The Labute approximate surface area is 379 Å². The molecule has 4 bridgehead atoms. The van der Waals surface area contributed by atoms with Crippen LogP contribution in [0.3, 0.4) is 0 Å². The van der Waals surface area contributed by atoms with Gasteiger partial charge in [0.1, 0.15) is 23.9 Å². The van der Waals surface area contributed by atoms with Crippen molar-refractivity contribution in [1.29, 1.82) is 0 Å². The number of Topliss-reactive ketones (excluding diaryl/α,β-unsaturated/α-hetero) is 1. The van der Waals surface area contributed by atoms with Crippen LogP contribution in [0.5, 0.6) is 23.0 Å². The summed E-state index contributed by atoms with van der Waals surface area (Å²) in [6, 6.07) is 17.0. The normalized spacial score (nSPS) is 30.6. The molecule has 0 unspecified atom stereocenters. The number of phenolic OH excluding ortho intramolecular Hbond substituents is 2. The van der Waals surface area contributed by atoms with E-state index in [1.54, 1.807) is 19.2 Å². The van der Waals surface area contributed by atoms with E-state index >= 15 is 4.79 Å². The molecule has 4 aromatic rings. The Hall–Kier alpha value is -5.54. The third kappa shape index (κ3) is 7.91. The Balaban J connectivity index is 1.16. The number of esters is 1. The van der Waals surface area contributed by atoms with Gasteiger partial charge in [0.15, 0.2) is 23.0 Å². The van der Waals surface area contributed by atoms with Gasteiger partial charge in [0, 0.05) is 42.3 Å². The number of phenols is 2. The zero-order chi connectivity index (χ0) is 45.0. The molecule has 0 saturated heterocycles. The summed E-state index contributed by atoms with van der Waals surface area (Å²) in [6.07, 6.45) is 9.18. The number of hydrogen-bond donors (Lipinski definition) is 6. The second-order valence-electron chi connectivity index (χ2n) is 19.5. The van der Waals surface area contributed by atoms with E-state index in [9.17, 15) is 30.3 Å². The fourth-order valence-electron chi connectivity index (χ4n) is 12.9. The number of ether oxygens (including phenoxy) is 3. The number of cyclic esters (lactones) is 1. The zero-order valence-electron chi connectivity index (χ0n) is 36.9. The number of aliphatic hydroxyl groups is 3. The molecule has 10 rings (SSSR count). The van der Waals surface area contributed by atoms with Crippen LogP contribution in [0.25, 0.3) is 16.5 Å². The molecule has 11 heteroatoms. The molecule has 6 N–H and O–H groups in total. The second kappa shape index (κ2) is 17.7. The second-order valence-corrected chi connectivity index (χ2v) is 19.5. The van der Waals surface area contributed by atoms with Gasteiger partial charge in [-0.1, -0.05) is 48.3 Å². The first kappa shape index (κ1) is 43.4. The lowest BCUT2D eigenvalue weighted by atomic mass is 9.51. The van der Waals surface area contributed by atoms with Crippen molar-refractivity contribution in [2.24, 2.45) is 40.9 Å². The van der Waals surface area contributed by atoms with E-state index in [2.05, 4.69) is 41.1 Å². The average molecular weight is 882 g/mol. The first-order chi connectivity index (χ1) is 31.6. The maximum Gasteiger partial charge on any atom is 0.324 e. The number of carbonyl (C=O) groups excluding carboxylic acids is 2. The van der Waals surface area contributed by atoms with Gasteiger partial charge in [-0.3, -0.25) is 9.59 Å². The summed E-state index contributed by atoms with van der Waals surface area (Å²) in [4.78, 5) is 33.7. The predicted molar refractivity (Wildman–Crippen MR) is 244 cm³/mol. The van der Waals surface area contributed by atoms with Crippen LogP contribution in [0.2, 0.25) is 0 Å². The maximum atomic E-state index is 15.1. The molecule has 1 aromatic heterocycles. The van der Waals surface area contributed by atoms with E-state index in [0.717, 1.165) is 57.3 Å². The number of ketones is 1. The van der Waals surface area contributed by atoms with Crippen molar-refractivity contribution in [3.63, 3.8) is 0 Å². The number of aryl methyl sites for hydroxylation is 1. The number of nitrogens with one attached hydrogen (secondary N) is 1. The van der Waals surface area contributed by atoms with Crippen molar-refractivity contribution in [3.8, 4) is 34.8 Å². The molecule has 0 radical (unpaired) electrons. The molecule has 5 aliphatic carbocycles. The summed E-state index contributed by atoms with van der Waals surface area (Å²) in [5, 5.41) is 53.9. The number of benzene rings is 3. The van der Waals surface area contributed by atoms with Gasteiger partial charge < -0.3 is 44.7 Å². The molecule has 65 heavy (non-hydrogen) atoms. The van der Waals surface area contributed by atoms with Gasteiger partial charge in [-0.25, -0.2) is 0 Å². The highest BCUT2D eigenvalue weighted by molar-refractivity contribution is 5.96. The Morgan fingerprint density at radius 3 is 2.62 bits per heavy atom. The smallest absolute Gasteiger partial charge is 0.324 e. The molecule has 1 aliphatic heterocycles. The lowest BCUT2D eigenvalue weighted by Crippen LogP contribution is -2.47. The quantitative estimate of drug-likeness (QED) is 0.0760. The highest BCUT2D eigenvalue weighted by Crippen LogP contribution is 2.62. The number of aromatic nitrogens is 1. The van der Waals surface area contributed by atoms with Gasteiger partial charge in [-0.2, -0.15) is 0 Å². The molecule has 1 spiro atoms. The summed E-state index contributed by atoms with van der Waals surface area (Å²) in [5.41, 5.74) is 6.39. The van der Waals surface area contributed by atoms with Gasteiger partial charge >= 0.3 is 5.97 Å². The Morgan fingerprint density at radius 2 is 1.80 bits per heavy atom. The van der Waals surface area contributed by atoms with E-state index in [4.69, 9.17) is 14.2 Å². The SMILES string of the molecule is COc1cc2c(cc1O)C1=C3C=C[C@@H]4C[C@H]3[C@@H]([C@H]3CC[C@H](O)C[C@H]34)[C@H]2CC(=O)C[C@@H](CCc2ccc(O)c(OCCO)c2)OC(=O)[C@]2(C#CCc3c1[nH]c1ccccc31)CC[C@@H](CO)C2. The van der Waals surface area contributed by atoms with E-state index in [1.807, 2.05) is 24.3 Å². The molecule has 11 nitrogen and oxygen atoms in total. The molecule has 3 fully saturated rings. The lowest BCUT2D eigenvalue weighted by molar-refractivity contribution is -0.159. The van der Waals surface area contributed by atoms with Crippen LogP contribution in [-0.2, 0) is 27.2 Å². The monoisotopic (exact) mass is 881 g/mol. The highest BCUT2D eigenvalue weighted by atomic mass is 16.5. The minimum atomic E-state index is -1.18. The van der Waals surface area contributed by atoms with Crippen LogP contribution in [0.1, 0.15) is 98.1 Å². The number of hydrogen-bond acceptors (Lipinski definition) is 10. The fraction of sp³-hybridized carbons (Fsp3) is 0.481. The fourth-order valence-corrected chi connectivity index (χ4v) is 12.9. The number of allylic oxidation sites excluding steroid dienone is 3. The molecule has 10 atom stereocenters. The Bertz CT molecular complexity index is 2630. The van der Waals surface area contributed by atoms with Crippen LogP contribution >= 0.6 is 0 Å². The maximum absolute atomic E-state index is 15.1. The number of aliphatic hydroxyl groups excluding tert-OH is 3. The zero-order valence-corrected chi connectivity index (χ0v) is 36.9. The predicted octanol–water partition coefficient (Wildman–Crippen LogP) is 7.69. The molecule has 0 amide bonds. The van der Waals surface area contributed by atoms with Gasteiger partial charge in [-0.05, 0) is 157 Å². The van der Waals surface area contributed by atoms with Crippen LogP contribution < -0.4 is 9.47 Å². The van der Waals surface area contributed by atoms with Crippen LogP contribution in [0.4, 0.5) is 0 Å². The summed E-state index contributed by atoms with van der Waals surface area (Å²) < 4.78 is 17.9. The standard InChI is InChI=1S/C54H59NO10/c1-63-48-27-41-43-25-34(59)23-35(12-8-30-9-15-46(60)49(21-30)64-20-19-56)65-53(62)54(18-16-31(28-54)29-57)17-4-6-39-36-5-2-3-7-45(36)55-52(39)51(44(41)26-47(48)61)38-13-10-32-22-42(38)50(43)37-14-11-33(58)24-40(32)37/h2-3,5,7,9-10,13,15,21,26-27,31-33,35,37,40,42-43,50,55-58,60-61H,6,8,11-12,14,16,18-20,22-25,28-29H2,1H3/t31-,32-,33+,35-,37+,40+,42-,43+,50-,54-/m1/s1. The first-order valence-electron chi connectivity index (χ1n) is 23.6. The van der Waals surface area contributed by atoms with Crippen LogP contribution in [-0.4, -0.2) is 81.4 Å². The molecule has 6 aliphatic rings. The highest BCUT2D eigenvalue weighted by Gasteiger charge is 2.54. The third-order valence-corrected chi connectivity index (χ3v) is 15.9. The number of aromatic hydroxyl groups is 2. The molecule has 2 heterocycles. The molecular formula is C54H59NO10. The van der Waals surface area contributed by atoms with Crippen LogP contribution in [0.15, 0.2) is 72.3 Å². The minimum absolute atomic E-state index is 0.00947. The Kier molecular flexibility index (Phi) is 11.8. The summed E-state index contributed by atoms with van der Waals surface area (Å²) in [6.45, 7) is -0.269. The van der Waals surface area contributed by atoms with Crippen molar-refractivity contribution in [2.45, 2.75) is 95.2 Å². The lowest BCUT2D eigenvalue weighted by Gasteiger charge is -2.54. The third-order valence-electron chi connectivity index (χ3n) is 15.9. The molecule has 340 valence electrons. The largest absolute Gasteiger partial charge is 0.504 e. The number of aromatic amines is 1. The summed E-state index contributed by atoms with van der Waals surface area (Å²) in [5.74, 6) is 7.38. The van der Waals surface area contributed by atoms with Crippen molar-refractivity contribution >= 4 is 28.2 Å². The number of carbonyl (C=O) groups is 2. The molecule has 3 saturated carbocycles. The number of rotatable bonds is 8. The number of methoxy groups -OCH3 is 1. The van der Waals surface area contributed by atoms with Gasteiger partial charge in [0.2, 0.25) is 0 Å².